The molecule has 0 radical (unpaired) electrons. The molecule has 3 rings (SSSR count). The van der Waals surface area contributed by atoms with Crippen molar-refractivity contribution in [2.45, 2.75) is 43.5 Å². The van der Waals surface area contributed by atoms with Crippen molar-refractivity contribution < 1.29 is 14.2 Å². The molecule has 0 amide bonds. The summed E-state index contributed by atoms with van der Waals surface area (Å²) in [6.45, 7) is 4.58. The van der Waals surface area contributed by atoms with Gasteiger partial charge in [-0.25, -0.2) is 0 Å². The van der Waals surface area contributed by atoms with Crippen LogP contribution in [0.3, 0.4) is 0 Å². The fourth-order valence-electron chi connectivity index (χ4n) is 2.82. The van der Waals surface area contributed by atoms with Gasteiger partial charge in [0, 0.05) is 39.3 Å². The highest BCUT2D eigenvalue weighted by Gasteiger charge is 2.40. The summed E-state index contributed by atoms with van der Waals surface area (Å²) in [6, 6.07) is 0. The van der Waals surface area contributed by atoms with Gasteiger partial charge in [0.2, 0.25) is 0 Å². The van der Waals surface area contributed by atoms with E-state index in [9.17, 15) is 0 Å². The molecule has 1 N–H and O–H groups in total. The van der Waals surface area contributed by atoms with E-state index >= 15 is 0 Å². The molecule has 3 aliphatic rings. The van der Waals surface area contributed by atoms with Crippen molar-refractivity contribution >= 4 is 0 Å². The maximum atomic E-state index is 6.07. The van der Waals surface area contributed by atoms with E-state index in [-0.39, 0.29) is 5.60 Å². The third-order valence-corrected chi connectivity index (χ3v) is 3.98. The van der Waals surface area contributed by atoms with Crippen molar-refractivity contribution in [3.63, 3.8) is 0 Å². The zero-order chi connectivity index (χ0) is 10.8. The molecule has 0 aromatic heterocycles. The van der Waals surface area contributed by atoms with Crippen molar-refractivity contribution in [2.75, 3.05) is 32.9 Å². The molecule has 3 heterocycles. The van der Waals surface area contributed by atoms with Gasteiger partial charge >= 0.3 is 0 Å². The molecule has 1 atom stereocenters. The van der Waals surface area contributed by atoms with Gasteiger partial charge in [-0.2, -0.15) is 0 Å². The molecule has 0 saturated carbocycles. The molecule has 92 valence electrons. The first-order chi connectivity index (χ1) is 7.86. The smallest absolute Gasteiger partial charge is 0.0827 e. The lowest BCUT2D eigenvalue weighted by molar-refractivity contribution is -0.181. The van der Waals surface area contributed by atoms with Crippen molar-refractivity contribution in [3.05, 3.63) is 0 Å². The first kappa shape index (κ1) is 11.0. The van der Waals surface area contributed by atoms with E-state index < -0.39 is 0 Å². The summed E-state index contributed by atoms with van der Waals surface area (Å²) < 4.78 is 17.5. The second kappa shape index (κ2) is 4.61. The Morgan fingerprint density at radius 3 is 2.56 bits per heavy atom. The Morgan fingerprint density at radius 1 is 1.06 bits per heavy atom. The zero-order valence-corrected chi connectivity index (χ0v) is 9.74. The van der Waals surface area contributed by atoms with Crippen LogP contribution < -0.4 is 5.32 Å². The minimum Gasteiger partial charge on any atom is -0.381 e. The minimum atomic E-state index is 0.0678. The Morgan fingerprint density at radius 2 is 1.88 bits per heavy atom. The molecule has 0 aliphatic carbocycles. The highest BCUT2D eigenvalue weighted by atomic mass is 16.5. The van der Waals surface area contributed by atoms with Crippen LogP contribution in [0.1, 0.15) is 25.7 Å². The van der Waals surface area contributed by atoms with Gasteiger partial charge in [0.1, 0.15) is 0 Å². The average molecular weight is 227 g/mol. The van der Waals surface area contributed by atoms with Gasteiger partial charge in [0.25, 0.3) is 0 Å². The number of hydrogen-bond acceptors (Lipinski definition) is 4. The number of ether oxygens (including phenoxy) is 3. The lowest BCUT2D eigenvalue weighted by atomic mass is 9.85. The highest BCUT2D eigenvalue weighted by molar-refractivity contribution is 4.90. The second-order valence-corrected chi connectivity index (χ2v) is 5.17. The first-order valence-electron chi connectivity index (χ1n) is 6.44. The monoisotopic (exact) mass is 227 g/mol. The van der Waals surface area contributed by atoms with Crippen molar-refractivity contribution in [3.8, 4) is 0 Å². The van der Waals surface area contributed by atoms with Crippen LogP contribution in [0.5, 0.6) is 0 Å². The summed E-state index contributed by atoms with van der Waals surface area (Å²) in [7, 11) is 0. The summed E-state index contributed by atoms with van der Waals surface area (Å²) >= 11 is 0. The third kappa shape index (κ3) is 2.25. The molecule has 16 heavy (non-hydrogen) atoms. The third-order valence-electron chi connectivity index (χ3n) is 3.98. The number of rotatable bonds is 2. The van der Waals surface area contributed by atoms with Crippen LogP contribution in [-0.2, 0) is 14.2 Å². The Balaban J connectivity index is 1.55. The van der Waals surface area contributed by atoms with Crippen molar-refractivity contribution in [1.82, 2.24) is 5.32 Å². The molecule has 0 aromatic carbocycles. The lowest BCUT2D eigenvalue weighted by Gasteiger charge is -2.44. The zero-order valence-electron chi connectivity index (χ0n) is 9.74. The standard InChI is InChI=1S/C12H21NO3/c1-4-15-12(2-5-14-6-3-12)7-10(1)16-11-8-13-9-11/h10-11,13H,1-9H2. The molecule has 0 bridgehead atoms. The van der Waals surface area contributed by atoms with E-state index in [2.05, 4.69) is 5.32 Å². The van der Waals surface area contributed by atoms with E-state index in [0.717, 1.165) is 58.6 Å². The average Bonchev–Trinajstić information content (AvgIpc) is 2.25. The maximum absolute atomic E-state index is 6.07. The number of nitrogens with one attached hydrogen (secondary N) is 1. The van der Waals surface area contributed by atoms with Crippen LogP contribution >= 0.6 is 0 Å². The van der Waals surface area contributed by atoms with Crippen LogP contribution in [0.4, 0.5) is 0 Å². The van der Waals surface area contributed by atoms with Gasteiger partial charge < -0.3 is 19.5 Å². The molecular weight excluding hydrogens is 206 g/mol. The molecule has 1 spiro atoms. The summed E-state index contributed by atoms with van der Waals surface area (Å²) in [4.78, 5) is 0. The largest absolute Gasteiger partial charge is 0.381 e. The molecule has 0 aromatic rings. The Hall–Kier alpha value is -0.160. The van der Waals surface area contributed by atoms with E-state index in [0.29, 0.717) is 12.2 Å². The predicted octanol–water partition coefficient (Wildman–Crippen LogP) is 0.703. The summed E-state index contributed by atoms with van der Waals surface area (Å²) in [6.07, 6.45) is 5.04. The van der Waals surface area contributed by atoms with Gasteiger partial charge in [0.15, 0.2) is 0 Å². The molecule has 3 fully saturated rings. The predicted molar refractivity (Wildman–Crippen MR) is 59.5 cm³/mol. The summed E-state index contributed by atoms with van der Waals surface area (Å²) in [5.41, 5.74) is 0.0678. The fraction of sp³-hybridized carbons (Fsp3) is 1.00. The number of hydrogen-bond donors (Lipinski definition) is 1. The minimum absolute atomic E-state index is 0.0678. The fourth-order valence-corrected chi connectivity index (χ4v) is 2.82. The van der Waals surface area contributed by atoms with Gasteiger partial charge in [-0.15, -0.1) is 0 Å². The lowest BCUT2D eigenvalue weighted by Crippen LogP contribution is -2.53. The molecule has 3 aliphatic heterocycles. The SMILES string of the molecule is C1CC2(CCO1)CC(OC1CNC1)CCO2. The Bertz CT molecular complexity index is 231. The van der Waals surface area contributed by atoms with E-state index in [1.807, 2.05) is 0 Å². The normalized spacial score (nSPS) is 34.9. The summed E-state index contributed by atoms with van der Waals surface area (Å²) in [5, 5.41) is 3.25. The maximum Gasteiger partial charge on any atom is 0.0827 e. The van der Waals surface area contributed by atoms with Crippen molar-refractivity contribution in [1.29, 1.82) is 0 Å². The highest BCUT2D eigenvalue weighted by Crippen LogP contribution is 2.35. The quantitative estimate of drug-likeness (QED) is 0.754. The van der Waals surface area contributed by atoms with Crippen LogP contribution in [0.2, 0.25) is 0 Å². The van der Waals surface area contributed by atoms with E-state index in [1.54, 1.807) is 0 Å². The van der Waals surface area contributed by atoms with Crippen LogP contribution in [0, 0.1) is 0 Å². The summed E-state index contributed by atoms with van der Waals surface area (Å²) in [5.74, 6) is 0. The van der Waals surface area contributed by atoms with Crippen LogP contribution in [0.25, 0.3) is 0 Å². The molecular formula is C12H21NO3. The van der Waals surface area contributed by atoms with Crippen LogP contribution in [-0.4, -0.2) is 50.7 Å². The Kier molecular flexibility index (Phi) is 3.16. The van der Waals surface area contributed by atoms with Crippen LogP contribution in [0.15, 0.2) is 0 Å². The molecule has 3 saturated heterocycles. The van der Waals surface area contributed by atoms with Gasteiger partial charge in [-0.1, -0.05) is 0 Å². The van der Waals surface area contributed by atoms with Crippen molar-refractivity contribution in [2.24, 2.45) is 0 Å². The van der Waals surface area contributed by atoms with E-state index in [4.69, 9.17) is 14.2 Å². The molecule has 4 heteroatoms. The van der Waals surface area contributed by atoms with E-state index in [1.165, 1.54) is 0 Å². The van der Waals surface area contributed by atoms with Gasteiger partial charge in [-0.05, 0) is 19.3 Å². The van der Waals surface area contributed by atoms with Gasteiger partial charge in [0.05, 0.1) is 17.8 Å². The second-order valence-electron chi connectivity index (χ2n) is 5.17. The molecule has 1 unspecified atom stereocenters. The molecule has 4 nitrogen and oxygen atoms in total. The van der Waals surface area contributed by atoms with Gasteiger partial charge in [-0.3, -0.25) is 0 Å². The first-order valence-corrected chi connectivity index (χ1v) is 6.44. The Labute approximate surface area is 96.6 Å². The topological polar surface area (TPSA) is 39.7 Å².